The maximum absolute atomic E-state index is 14.1. The van der Waals surface area contributed by atoms with Crippen LogP contribution in [0.1, 0.15) is 26.3 Å². The highest BCUT2D eigenvalue weighted by Crippen LogP contribution is 2.37. The first kappa shape index (κ1) is 18.8. The Bertz CT molecular complexity index is 951. The van der Waals surface area contributed by atoms with E-state index in [1.165, 1.54) is 17.0 Å². The fourth-order valence-corrected chi connectivity index (χ4v) is 3.57. The lowest BCUT2D eigenvalue weighted by Crippen LogP contribution is -2.44. The number of amides is 1. The monoisotopic (exact) mass is 383 g/mol. The highest BCUT2D eigenvalue weighted by Gasteiger charge is 2.50. The second kappa shape index (κ2) is 6.97. The molecule has 1 aliphatic rings. The summed E-state index contributed by atoms with van der Waals surface area (Å²) in [6.07, 6.45) is 0. The summed E-state index contributed by atoms with van der Waals surface area (Å²) in [7, 11) is 0. The molecule has 1 amide bonds. The first-order valence-electron chi connectivity index (χ1n) is 8.42. The summed E-state index contributed by atoms with van der Waals surface area (Å²) in [5, 5.41) is 9.15. The number of nitriles is 1. The first-order chi connectivity index (χ1) is 12.8. The number of hydrogen-bond donors (Lipinski definition) is 0. The van der Waals surface area contributed by atoms with Gasteiger partial charge in [0.15, 0.2) is 5.11 Å². The van der Waals surface area contributed by atoms with E-state index in [0.29, 0.717) is 12.3 Å². The lowest BCUT2D eigenvalue weighted by molar-refractivity contribution is -0.120. The number of nitrogens with zero attached hydrogens (tertiary/aromatic N) is 3. The Kier molecular flexibility index (Phi) is 4.85. The molecule has 5 nitrogen and oxygen atoms in total. The molecule has 138 valence electrons. The van der Waals surface area contributed by atoms with Crippen LogP contribution in [0.25, 0.3) is 0 Å². The number of hydrogen-bond acceptors (Lipinski definition) is 4. The van der Waals surface area contributed by atoms with Gasteiger partial charge in [0.25, 0.3) is 5.91 Å². The highest BCUT2D eigenvalue weighted by molar-refractivity contribution is 7.81. The minimum atomic E-state index is -0.950. The molecule has 1 heterocycles. The van der Waals surface area contributed by atoms with E-state index in [4.69, 9.17) is 22.2 Å². The molecule has 2 aromatic rings. The minimum absolute atomic E-state index is 0.0843. The first-order valence-corrected chi connectivity index (χ1v) is 8.83. The topological polar surface area (TPSA) is 56.6 Å². The average molecular weight is 383 g/mol. The smallest absolute Gasteiger partial charge is 0.259 e. The van der Waals surface area contributed by atoms with Crippen molar-refractivity contribution in [2.24, 2.45) is 0 Å². The second-order valence-electron chi connectivity index (χ2n) is 6.52. The molecule has 7 heteroatoms. The molecule has 0 spiro atoms. The molecule has 0 radical (unpaired) electrons. The predicted molar refractivity (Wildman–Crippen MR) is 105 cm³/mol. The summed E-state index contributed by atoms with van der Waals surface area (Å²) in [6, 6.07) is 13.1. The number of thiocarbonyl (C=S) groups is 1. The Morgan fingerprint density at radius 2 is 1.81 bits per heavy atom. The zero-order valence-electron chi connectivity index (χ0n) is 15.2. The molecule has 0 unspecified atom stereocenters. The standard InChI is InChI=1S/C20H18FN3O2S/c1-4-26-16-9-7-14(8-10-16)24-19(27)23(18(25)20(24,2)3)15-6-5-13(12-22)17(21)11-15/h5-11H,4H2,1-3H3. The fourth-order valence-electron chi connectivity index (χ4n) is 3.05. The molecule has 0 saturated carbocycles. The maximum atomic E-state index is 14.1. The molecule has 1 aliphatic heterocycles. The van der Waals surface area contributed by atoms with Crippen LogP contribution in [0.2, 0.25) is 0 Å². The third-order valence-electron chi connectivity index (χ3n) is 4.41. The van der Waals surface area contributed by atoms with Gasteiger partial charge < -0.3 is 9.64 Å². The molecule has 0 aromatic heterocycles. The van der Waals surface area contributed by atoms with E-state index in [1.54, 1.807) is 24.8 Å². The largest absolute Gasteiger partial charge is 0.494 e. The molecule has 27 heavy (non-hydrogen) atoms. The van der Waals surface area contributed by atoms with Crippen LogP contribution in [0.15, 0.2) is 42.5 Å². The van der Waals surface area contributed by atoms with Crippen molar-refractivity contribution >= 4 is 34.6 Å². The summed E-state index contributed by atoms with van der Waals surface area (Å²) in [5.41, 5.74) is -0.00502. The molecule has 3 rings (SSSR count). The number of anilines is 2. The molecule has 0 bridgehead atoms. The van der Waals surface area contributed by atoms with E-state index in [-0.39, 0.29) is 16.6 Å². The molecule has 1 fully saturated rings. The van der Waals surface area contributed by atoms with Gasteiger partial charge in [-0.25, -0.2) is 4.39 Å². The summed E-state index contributed by atoms with van der Waals surface area (Å²) >= 11 is 5.55. The van der Waals surface area contributed by atoms with Crippen LogP contribution in [0, 0.1) is 17.1 Å². The number of carbonyl (C=O) groups is 1. The van der Waals surface area contributed by atoms with Crippen LogP contribution >= 0.6 is 12.2 Å². The van der Waals surface area contributed by atoms with Crippen LogP contribution in [-0.4, -0.2) is 23.2 Å². The number of halogens is 1. The zero-order valence-corrected chi connectivity index (χ0v) is 16.0. The van der Waals surface area contributed by atoms with Gasteiger partial charge in [-0.1, -0.05) is 0 Å². The normalized spacial score (nSPS) is 15.8. The summed E-state index contributed by atoms with van der Waals surface area (Å²) in [5.74, 6) is -0.241. The summed E-state index contributed by atoms with van der Waals surface area (Å²) < 4.78 is 19.5. The van der Waals surface area contributed by atoms with Crippen LogP contribution in [-0.2, 0) is 4.79 Å². The third kappa shape index (κ3) is 3.13. The van der Waals surface area contributed by atoms with Crippen molar-refractivity contribution in [3.63, 3.8) is 0 Å². The van der Waals surface area contributed by atoms with E-state index in [9.17, 15) is 9.18 Å². The molecule has 0 aliphatic carbocycles. The van der Waals surface area contributed by atoms with Crippen molar-refractivity contribution < 1.29 is 13.9 Å². The second-order valence-corrected chi connectivity index (χ2v) is 6.89. The van der Waals surface area contributed by atoms with Crippen molar-refractivity contribution in [3.05, 3.63) is 53.8 Å². The maximum Gasteiger partial charge on any atom is 0.259 e. The van der Waals surface area contributed by atoms with E-state index >= 15 is 0 Å². The Labute approximate surface area is 162 Å². The molecule has 0 atom stereocenters. The van der Waals surface area contributed by atoms with E-state index in [2.05, 4.69) is 0 Å². The van der Waals surface area contributed by atoms with Crippen molar-refractivity contribution in [3.8, 4) is 11.8 Å². The van der Waals surface area contributed by atoms with Crippen LogP contribution in [0.4, 0.5) is 15.8 Å². The number of benzene rings is 2. The molecular formula is C20H18FN3O2S. The Morgan fingerprint density at radius 1 is 1.19 bits per heavy atom. The van der Waals surface area contributed by atoms with Gasteiger partial charge in [0.05, 0.1) is 17.9 Å². The van der Waals surface area contributed by atoms with Gasteiger partial charge in [-0.05, 0) is 75.5 Å². The van der Waals surface area contributed by atoms with Crippen LogP contribution < -0.4 is 14.5 Å². The summed E-state index contributed by atoms with van der Waals surface area (Å²) in [4.78, 5) is 16.1. The average Bonchev–Trinajstić information content (AvgIpc) is 2.81. The van der Waals surface area contributed by atoms with Gasteiger partial charge in [0.2, 0.25) is 0 Å². The number of carbonyl (C=O) groups excluding carboxylic acids is 1. The lowest BCUT2D eigenvalue weighted by atomic mass is 10.0. The van der Waals surface area contributed by atoms with Gasteiger partial charge >= 0.3 is 0 Å². The van der Waals surface area contributed by atoms with Crippen molar-refractivity contribution in [1.29, 1.82) is 5.26 Å². The highest BCUT2D eigenvalue weighted by atomic mass is 32.1. The number of rotatable bonds is 4. The van der Waals surface area contributed by atoms with Crippen LogP contribution in [0.5, 0.6) is 5.75 Å². The predicted octanol–water partition coefficient (Wildman–Crippen LogP) is 4.01. The van der Waals surface area contributed by atoms with E-state index < -0.39 is 11.4 Å². The van der Waals surface area contributed by atoms with E-state index in [1.807, 2.05) is 31.2 Å². The van der Waals surface area contributed by atoms with Gasteiger partial charge in [-0.3, -0.25) is 9.69 Å². The zero-order chi connectivity index (χ0) is 19.8. The molecule has 2 aromatic carbocycles. The number of ether oxygens (including phenoxy) is 1. The van der Waals surface area contributed by atoms with Crippen molar-refractivity contribution in [2.75, 3.05) is 16.4 Å². The molecule has 0 N–H and O–H groups in total. The van der Waals surface area contributed by atoms with Crippen LogP contribution in [0.3, 0.4) is 0 Å². The molecule has 1 saturated heterocycles. The van der Waals surface area contributed by atoms with Gasteiger partial charge in [0, 0.05) is 5.69 Å². The van der Waals surface area contributed by atoms with Gasteiger partial charge in [-0.2, -0.15) is 5.26 Å². The Hall–Kier alpha value is -2.98. The van der Waals surface area contributed by atoms with Gasteiger partial charge in [-0.15, -0.1) is 0 Å². The van der Waals surface area contributed by atoms with Crippen molar-refractivity contribution in [2.45, 2.75) is 26.3 Å². The Morgan fingerprint density at radius 3 is 2.37 bits per heavy atom. The molecular weight excluding hydrogens is 365 g/mol. The van der Waals surface area contributed by atoms with E-state index in [0.717, 1.165) is 17.5 Å². The van der Waals surface area contributed by atoms with Crippen molar-refractivity contribution in [1.82, 2.24) is 0 Å². The quantitative estimate of drug-likeness (QED) is 0.747. The Balaban J connectivity index is 2.00. The minimum Gasteiger partial charge on any atom is -0.494 e. The SMILES string of the molecule is CCOc1ccc(N2C(=S)N(c3ccc(C#N)c(F)c3)C(=O)C2(C)C)cc1. The van der Waals surface area contributed by atoms with Gasteiger partial charge in [0.1, 0.15) is 23.2 Å². The third-order valence-corrected chi connectivity index (χ3v) is 4.77. The summed E-state index contributed by atoms with van der Waals surface area (Å²) in [6.45, 7) is 5.99. The lowest BCUT2D eigenvalue weighted by Gasteiger charge is -2.29. The fraction of sp³-hybridized carbons (Fsp3) is 0.250.